The summed E-state index contributed by atoms with van der Waals surface area (Å²) in [6.07, 6.45) is 3.12. The van der Waals surface area contributed by atoms with E-state index in [-0.39, 0.29) is 11.3 Å². The summed E-state index contributed by atoms with van der Waals surface area (Å²) in [6.45, 7) is 4.15. The number of nitrogens with two attached hydrogens (primary N) is 1. The highest BCUT2D eigenvalue weighted by molar-refractivity contribution is 7.92. The lowest BCUT2D eigenvalue weighted by atomic mass is 9.98. The van der Waals surface area contributed by atoms with Crippen LogP contribution in [0.25, 0.3) is 0 Å². The molecule has 0 saturated carbocycles. The van der Waals surface area contributed by atoms with Gasteiger partial charge in [0.1, 0.15) is 0 Å². The van der Waals surface area contributed by atoms with Crippen LogP contribution in [0, 0.1) is 13.8 Å². The fourth-order valence-corrected chi connectivity index (χ4v) is 4.86. The molecule has 1 aliphatic rings. The Kier molecular flexibility index (Phi) is 4.31. The molecule has 3 nitrogen and oxygen atoms in total. The number of rotatable bonds is 3. The molecule has 2 atom stereocenters. The topological polar surface area (TPSA) is 60.2 Å². The minimum Gasteiger partial charge on any atom is -0.326 e. The van der Waals surface area contributed by atoms with E-state index in [0.717, 1.165) is 18.4 Å². The summed E-state index contributed by atoms with van der Waals surface area (Å²) in [5, 5.41) is -0.358. The van der Waals surface area contributed by atoms with E-state index in [1.807, 2.05) is 0 Å². The Labute approximate surface area is 116 Å². The first-order valence-electron chi connectivity index (χ1n) is 6.93. The van der Waals surface area contributed by atoms with Crippen LogP contribution in [0.5, 0.6) is 0 Å². The van der Waals surface area contributed by atoms with Gasteiger partial charge in [-0.1, -0.05) is 24.6 Å². The lowest BCUT2D eigenvalue weighted by molar-refractivity contribution is 0.495. The molecule has 1 heterocycles. The predicted molar refractivity (Wildman–Crippen MR) is 79.0 cm³/mol. The summed E-state index contributed by atoms with van der Waals surface area (Å²) in [4.78, 5) is 0. The van der Waals surface area contributed by atoms with Gasteiger partial charge < -0.3 is 5.73 Å². The van der Waals surface area contributed by atoms with Gasteiger partial charge in [0.05, 0.1) is 11.0 Å². The second-order valence-electron chi connectivity index (χ2n) is 5.69. The maximum absolute atomic E-state index is 12.1. The van der Waals surface area contributed by atoms with Crippen LogP contribution in [-0.2, 0) is 16.3 Å². The SMILES string of the molecule is Cc1ccc(CC(N)C2CCCCS2(=O)=O)cc1C. The third-order valence-electron chi connectivity index (χ3n) is 4.15. The minimum atomic E-state index is -2.99. The lowest BCUT2D eigenvalue weighted by Gasteiger charge is -2.27. The van der Waals surface area contributed by atoms with Crippen molar-refractivity contribution in [1.82, 2.24) is 0 Å². The third kappa shape index (κ3) is 3.37. The molecule has 2 unspecified atom stereocenters. The quantitative estimate of drug-likeness (QED) is 0.923. The van der Waals surface area contributed by atoms with Crippen LogP contribution in [0.4, 0.5) is 0 Å². The predicted octanol–water partition coefficient (Wildman–Crippen LogP) is 2.14. The van der Waals surface area contributed by atoms with Crippen LogP contribution < -0.4 is 5.73 Å². The summed E-state index contributed by atoms with van der Waals surface area (Å²) >= 11 is 0. The van der Waals surface area contributed by atoms with Gasteiger partial charge in [-0.05, 0) is 49.8 Å². The molecule has 0 spiro atoms. The Hall–Kier alpha value is -0.870. The van der Waals surface area contributed by atoms with Gasteiger partial charge in [-0.2, -0.15) is 0 Å². The summed E-state index contributed by atoms with van der Waals surface area (Å²) in [7, 11) is -2.99. The van der Waals surface area contributed by atoms with E-state index in [9.17, 15) is 8.42 Å². The van der Waals surface area contributed by atoms with E-state index in [1.165, 1.54) is 11.1 Å². The minimum absolute atomic E-state index is 0.285. The van der Waals surface area contributed by atoms with Gasteiger partial charge in [-0.15, -0.1) is 0 Å². The maximum Gasteiger partial charge on any atom is 0.154 e. The second kappa shape index (κ2) is 5.63. The second-order valence-corrected chi connectivity index (χ2v) is 8.03. The maximum atomic E-state index is 12.1. The molecule has 0 amide bonds. The van der Waals surface area contributed by atoms with Crippen LogP contribution in [-0.4, -0.2) is 25.5 Å². The lowest BCUT2D eigenvalue weighted by Crippen LogP contribution is -2.44. The average Bonchev–Trinajstić information content (AvgIpc) is 2.33. The number of aryl methyl sites for hydroxylation is 2. The van der Waals surface area contributed by atoms with E-state index in [0.29, 0.717) is 18.6 Å². The largest absolute Gasteiger partial charge is 0.326 e. The molecule has 1 saturated heterocycles. The van der Waals surface area contributed by atoms with Gasteiger partial charge in [0.25, 0.3) is 0 Å². The standard InChI is InChI=1S/C15H23NO2S/c1-11-6-7-13(9-12(11)2)10-14(16)15-5-3-4-8-19(15,17)18/h6-7,9,14-15H,3-5,8,10,16H2,1-2H3. The number of benzene rings is 1. The molecule has 0 aliphatic carbocycles. The smallest absolute Gasteiger partial charge is 0.154 e. The van der Waals surface area contributed by atoms with Crippen LogP contribution >= 0.6 is 0 Å². The van der Waals surface area contributed by atoms with Crippen LogP contribution in [0.3, 0.4) is 0 Å². The number of hydrogen-bond donors (Lipinski definition) is 1. The molecule has 2 N–H and O–H groups in total. The Morgan fingerprint density at radius 2 is 2.00 bits per heavy atom. The van der Waals surface area contributed by atoms with Crippen molar-refractivity contribution in [3.63, 3.8) is 0 Å². The van der Waals surface area contributed by atoms with Gasteiger partial charge in [0, 0.05) is 6.04 Å². The summed E-state index contributed by atoms with van der Waals surface area (Å²) in [5.74, 6) is 0.304. The van der Waals surface area contributed by atoms with Crippen molar-refractivity contribution in [2.45, 2.75) is 50.8 Å². The van der Waals surface area contributed by atoms with E-state index in [4.69, 9.17) is 5.73 Å². The molecular formula is C15H23NO2S. The molecule has 1 aliphatic heterocycles. The van der Waals surface area contributed by atoms with Gasteiger partial charge in [0.15, 0.2) is 9.84 Å². The summed E-state index contributed by atoms with van der Waals surface area (Å²) in [5.41, 5.74) is 9.79. The van der Waals surface area contributed by atoms with Gasteiger partial charge >= 0.3 is 0 Å². The van der Waals surface area contributed by atoms with Crippen molar-refractivity contribution < 1.29 is 8.42 Å². The molecule has 0 radical (unpaired) electrons. The van der Waals surface area contributed by atoms with Crippen molar-refractivity contribution in [3.05, 3.63) is 34.9 Å². The van der Waals surface area contributed by atoms with E-state index < -0.39 is 9.84 Å². The first-order valence-corrected chi connectivity index (χ1v) is 8.65. The van der Waals surface area contributed by atoms with Gasteiger partial charge in [-0.3, -0.25) is 0 Å². The molecule has 19 heavy (non-hydrogen) atoms. The number of hydrogen-bond acceptors (Lipinski definition) is 3. The molecule has 0 bridgehead atoms. The monoisotopic (exact) mass is 281 g/mol. The Balaban J connectivity index is 2.11. The fourth-order valence-electron chi connectivity index (χ4n) is 2.79. The van der Waals surface area contributed by atoms with Gasteiger partial charge in [-0.25, -0.2) is 8.42 Å². The van der Waals surface area contributed by atoms with E-state index in [1.54, 1.807) is 0 Å². The third-order valence-corrected chi connectivity index (χ3v) is 6.51. The summed E-state index contributed by atoms with van der Waals surface area (Å²) in [6, 6.07) is 5.96. The average molecular weight is 281 g/mol. The zero-order chi connectivity index (χ0) is 14.0. The fraction of sp³-hybridized carbons (Fsp3) is 0.600. The van der Waals surface area contributed by atoms with Crippen LogP contribution in [0.15, 0.2) is 18.2 Å². The highest BCUT2D eigenvalue weighted by atomic mass is 32.2. The number of sulfone groups is 1. The molecule has 1 aromatic rings. The first kappa shape index (κ1) is 14.5. The zero-order valence-electron chi connectivity index (χ0n) is 11.7. The Bertz CT molecular complexity index is 551. The van der Waals surface area contributed by atoms with Crippen molar-refractivity contribution in [1.29, 1.82) is 0 Å². The van der Waals surface area contributed by atoms with Crippen molar-refractivity contribution in [2.75, 3.05) is 5.75 Å². The molecule has 1 aromatic carbocycles. The molecule has 1 fully saturated rings. The normalized spacial score (nSPS) is 24.1. The van der Waals surface area contributed by atoms with Crippen molar-refractivity contribution >= 4 is 9.84 Å². The molecule has 4 heteroatoms. The molecule has 2 rings (SSSR count). The highest BCUT2D eigenvalue weighted by Crippen LogP contribution is 2.23. The Morgan fingerprint density at radius 1 is 1.26 bits per heavy atom. The van der Waals surface area contributed by atoms with E-state index >= 15 is 0 Å². The zero-order valence-corrected chi connectivity index (χ0v) is 12.5. The first-order chi connectivity index (χ1) is 8.90. The molecule has 106 valence electrons. The summed E-state index contributed by atoms with van der Waals surface area (Å²) < 4.78 is 24.1. The molecule has 0 aromatic heterocycles. The van der Waals surface area contributed by atoms with Crippen molar-refractivity contribution in [3.8, 4) is 0 Å². The molecular weight excluding hydrogens is 258 g/mol. The van der Waals surface area contributed by atoms with Crippen molar-refractivity contribution in [2.24, 2.45) is 5.73 Å². The highest BCUT2D eigenvalue weighted by Gasteiger charge is 2.33. The van der Waals surface area contributed by atoms with E-state index in [2.05, 4.69) is 32.0 Å². The van der Waals surface area contributed by atoms with Gasteiger partial charge in [0.2, 0.25) is 0 Å². The Morgan fingerprint density at radius 3 is 2.63 bits per heavy atom. The van der Waals surface area contributed by atoms with Crippen LogP contribution in [0.2, 0.25) is 0 Å². The van der Waals surface area contributed by atoms with Crippen LogP contribution in [0.1, 0.15) is 36.0 Å².